The third-order valence-corrected chi connectivity index (χ3v) is 6.76. The van der Waals surface area contributed by atoms with Crippen LogP contribution in [0.15, 0.2) is 0 Å². The van der Waals surface area contributed by atoms with Crippen LogP contribution in [-0.4, -0.2) is 38.1 Å². The van der Waals surface area contributed by atoms with Gasteiger partial charge in [-0.15, -0.1) is 0 Å². The molecular formula is C20H32O7. The first-order valence-corrected chi connectivity index (χ1v) is 9.21. The molecule has 7 heteroatoms. The molecule has 1 heterocycles. The fourth-order valence-electron chi connectivity index (χ4n) is 3.90. The lowest BCUT2D eigenvalue weighted by atomic mass is 9.57. The molecule has 0 aliphatic carbocycles. The van der Waals surface area contributed by atoms with E-state index in [1.165, 1.54) is 14.2 Å². The zero-order valence-electron chi connectivity index (χ0n) is 17.6. The molecule has 0 saturated carbocycles. The minimum atomic E-state index is -1.06. The quantitative estimate of drug-likeness (QED) is 0.361. The van der Waals surface area contributed by atoms with Gasteiger partial charge in [0.1, 0.15) is 0 Å². The third kappa shape index (κ3) is 4.01. The van der Waals surface area contributed by atoms with Gasteiger partial charge in [0, 0.05) is 0 Å². The van der Waals surface area contributed by atoms with Crippen molar-refractivity contribution in [3.8, 4) is 0 Å². The lowest BCUT2D eigenvalue weighted by molar-refractivity contribution is -0.172. The number of esters is 4. The van der Waals surface area contributed by atoms with E-state index in [0.717, 1.165) is 0 Å². The van der Waals surface area contributed by atoms with Gasteiger partial charge in [0.2, 0.25) is 0 Å². The number of ether oxygens (including phenoxy) is 3. The van der Waals surface area contributed by atoms with Gasteiger partial charge in [-0.3, -0.25) is 19.2 Å². The number of carbonyl (C=O) groups excluding carboxylic acids is 4. The van der Waals surface area contributed by atoms with Gasteiger partial charge < -0.3 is 14.2 Å². The van der Waals surface area contributed by atoms with Crippen LogP contribution >= 0.6 is 0 Å². The number of methoxy groups -OCH3 is 2. The number of rotatable bonds is 8. The highest BCUT2D eigenvalue weighted by Gasteiger charge is 2.55. The molecule has 0 radical (unpaired) electrons. The van der Waals surface area contributed by atoms with E-state index in [4.69, 9.17) is 9.47 Å². The van der Waals surface area contributed by atoms with Gasteiger partial charge in [0.15, 0.2) is 0 Å². The second-order valence-corrected chi connectivity index (χ2v) is 8.56. The van der Waals surface area contributed by atoms with Crippen molar-refractivity contribution in [2.24, 2.45) is 28.1 Å². The average molecular weight is 384 g/mol. The van der Waals surface area contributed by atoms with E-state index in [9.17, 15) is 19.2 Å². The molecule has 0 aromatic carbocycles. The maximum absolute atomic E-state index is 12.8. The SMILES string of the molecule is COC(=O)C(C)(CCC1(C)CC(=O)OC1=O)C(C)C(C)(C(=O)OC)C(C)C. The van der Waals surface area contributed by atoms with E-state index < -0.39 is 46.0 Å². The van der Waals surface area contributed by atoms with E-state index in [-0.39, 0.29) is 25.2 Å². The summed E-state index contributed by atoms with van der Waals surface area (Å²) < 4.78 is 14.8. The largest absolute Gasteiger partial charge is 0.469 e. The van der Waals surface area contributed by atoms with Gasteiger partial charge in [-0.1, -0.05) is 20.8 Å². The molecule has 1 aliphatic rings. The molecule has 154 valence electrons. The van der Waals surface area contributed by atoms with Crippen molar-refractivity contribution in [1.29, 1.82) is 0 Å². The summed E-state index contributed by atoms with van der Waals surface area (Å²) in [6.07, 6.45) is 0.512. The highest BCUT2D eigenvalue weighted by Crippen LogP contribution is 2.50. The summed E-state index contributed by atoms with van der Waals surface area (Å²) in [5, 5.41) is 0. The monoisotopic (exact) mass is 384 g/mol. The van der Waals surface area contributed by atoms with Gasteiger partial charge in [-0.05, 0) is 45.4 Å². The Morgan fingerprint density at radius 1 is 1.11 bits per heavy atom. The standard InChI is InChI=1S/C20H32O7/c1-12(2)20(6,17(24)26-8)13(3)19(5,16(23)25-7)10-9-18(4)11-14(21)27-15(18)22/h12-13H,9-11H2,1-8H3. The third-order valence-electron chi connectivity index (χ3n) is 6.76. The average Bonchev–Trinajstić information content (AvgIpc) is 2.88. The summed E-state index contributed by atoms with van der Waals surface area (Å²) in [6, 6.07) is 0. The number of hydrogen-bond acceptors (Lipinski definition) is 7. The first-order valence-electron chi connectivity index (χ1n) is 9.21. The fraction of sp³-hybridized carbons (Fsp3) is 0.800. The Hall–Kier alpha value is -1.92. The van der Waals surface area contributed by atoms with Crippen LogP contribution in [0.4, 0.5) is 0 Å². The highest BCUT2D eigenvalue weighted by molar-refractivity contribution is 5.97. The van der Waals surface area contributed by atoms with Crippen LogP contribution in [0, 0.1) is 28.1 Å². The Morgan fingerprint density at radius 3 is 2.00 bits per heavy atom. The Balaban J connectivity index is 3.26. The maximum atomic E-state index is 12.8. The minimum absolute atomic E-state index is 0.0179. The van der Waals surface area contributed by atoms with Crippen molar-refractivity contribution in [3.63, 3.8) is 0 Å². The summed E-state index contributed by atoms with van der Waals surface area (Å²) in [6.45, 7) is 10.8. The van der Waals surface area contributed by atoms with Gasteiger partial charge in [-0.25, -0.2) is 0 Å². The maximum Gasteiger partial charge on any atom is 0.320 e. The Labute approximate surface area is 161 Å². The minimum Gasteiger partial charge on any atom is -0.469 e. The van der Waals surface area contributed by atoms with Crippen molar-refractivity contribution >= 4 is 23.9 Å². The molecule has 1 rings (SSSR count). The number of cyclic esters (lactones) is 2. The molecule has 7 nitrogen and oxygen atoms in total. The molecular weight excluding hydrogens is 352 g/mol. The zero-order valence-corrected chi connectivity index (χ0v) is 17.6. The van der Waals surface area contributed by atoms with Gasteiger partial charge in [0.25, 0.3) is 0 Å². The predicted molar refractivity (Wildman–Crippen MR) is 97.3 cm³/mol. The Kier molecular flexibility index (Phi) is 6.84. The summed E-state index contributed by atoms with van der Waals surface area (Å²) in [5.74, 6) is -2.54. The molecule has 4 atom stereocenters. The van der Waals surface area contributed by atoms with E-state index >= 15 is 0 Å². The van der Waals surface area contributed by atoms with Gasteiger partial charge in [-0.2, -0.15) is 0 Å². The molecule has 0 amide bonds. The lowest BCUT2D eigenvalue weighted by Crippen LogP contribution is -2.50. The van der Waals surface area contributed by atoms with Crippen LogP contribution in [0.5, 0.6) is 0 Å². The molecule has 27 heavy (non-hydrogen) atoms. The summed E-state index contributed by atoms with van der Waals surface area (Å²) in [7, 11) is 2.62. The van der Waals surface area contributed by atoms with E-state index in [1.807, 2.05) is 20.8 Å². The van der Waals surface area contributed by atoms with E-state index in [0.29, 0.717) is 0 Å². The topological polar surface area (TPSA) is 96.0 Å². The Morgan fingerprint density at radius 2 is 1.63 bits per heavy atom. The van der Waals surface area contributed by atoms with Crippen LogP contribution in [0.1, 0.15) is 60.8 Å². The Bertz CT molecular complexity index is 626. The van der Waals surface area contributed by atoms with Crippen molar-refractivity contribution in [3.05, 3.63) is 0 Å². The number of hydrogen-bond donors (Lipinski definition) is 0. The number of carbonyl (C=O) groups is 4. The van der Waals surface area contributed by atoms with Crippen LogP contribution in [0.3, 0.4) is 0 Å². The zero-order chi connectivity index (χ0) is 21.2. The lowest BCUT2D eigenvalue weighted by Gasteiger charge is -2.45. The molecule has 0 bridgehead atoms. The van der Waals surface area contributed by atoms with Crippen molar-refractivity contribution < 1.29 is 33.4 Å². The fourth-order valence-corrected chi connectivity index (χ4v) is 3.90. The second kappa shape index (κ2) is 7.98. The van der Waals surface area contributed by atoms with E-state index in [2.05, 4.69) is 4.74 Å². The molecule has 0 spiro atoms. The molecule has 1 aliphatic heterocycles. The molecule has 0 N–H and O–H groups in total. The first kappa shape index (κ1) is 23.1. The normalized spacial score (nSPS) is 25.4. The summed E-state index contributed by atoms with van der Waals surface area (Å²) >= 11 is 0. The predicted octanol–water partition coefficient (Wildman–Crippen LogP) is 2.90. The highest BCUT2D eigenvalue weighted by atomic mass is 16.6. The van der Waals surface area contributed by atoms with Crippen molar-refractivity contribution in [2.45, 2.75) is 60.8 Å². The van der Waals surface area contributed by atoms with Crippen LogP contribution in [0.25, 0.3) is 0 Å². The van der Waals surface area contributed by atoms with Crippen molar-refractivity contribution in [2.75, 3.05) is 14.2 Å². The molecule has 4 unspecified atom stereocenters. The van der Waals surface area contributed by atoms with Crippen LogP contribution < -0.4 is 0 Å². The molecule has 1 saturated heterocycles. The van der Waals surface area contributed by atoms with Crippen LogP contribution in [-0.2, 0) is 33.4 Å². The summed E-state index contributed by atoms with van der Waals surface area (Å²) in [4.78, 5) is 48.9. The smallest absolute Gasteiger partial charge is 0.320 e. The molecule has 1 fully saturated rings. The second-order valence-electron chi connectivity index (χ2n) is 8.56. The van der Waals surface area contributed by atoms with Gasteiger partial charge >= 0.3 is 23.9 Å². The van der Waals surface area contributed by atoms with Crippen LogP contribution in [0.2, 0.25) is 0 Å². The first-order chi connectivity index (χ1) is 12.3. The van der Waals surface area contributed by atoms with E-state index in [1.54, 1.807) is 20.8 Å². The summed E-state index contributed by atoms with van der Waals surface area (Å²) in [5.41, 5.74) is -2.98. The van der Waals surface area contributed by atoms with Crippen molar-refractivity contribution in [1.82, 2.24) is 0 Å². The van der Waals surface area contributed by atoms with Gasteiger partial charge in [0.05, 0.1) is 36.9 Å². The molecule has 0 aromatic heterocycles. The molecule has 0 aromatic rings.